The first kappa shape index (κ1) is 25.1. The predicted molar refractivity (Wildman–Crippen MR) is 121 cm³/mol. The molecule has 2 aliphatic rings. The third-order valence-corrected chi connectivity index (χ3v) is 6.07. The first-order chi connectivity index (χ1) is 14.3. The van der Waals surface area contributed by atoms with E-state index in [9.17, 15) is 14.7 Å². The first-order valence-corrected chi connectivity index (χ1v) is 10.4. The van der Waals surface area contributed by atoms with Gasteiger partial charge in [0.15, 0.2) is 0 Å². The Morgan fingerprint density at radius 1 is 1.03 bits per heavy atom. The first-order valence-electron chi connectivity index (χ1n) is 10.4. The number of Topliss-reactive ketones (excluding diaryl/α,β-unsaturated/α-hetero) is 2. The van der Waals surface area contributed by atoms with Crippen LogP contribution in [0.4, 0.5) is 0 Å². The van der Waals surface area contributed by atoms with E-state index >= 15 is 0 Å². The topological polar surface area (TPSA) is 76.1 Å². The average molecular weight is 450 g/mol. The van der Waals surface area contributed by atoms with Gasteiger partial charge < -0.3 is 19.5 Å². The number of hydrogen-bond acceptors (Lipinski definition) is 6. The molecule has 1 heterocycles. The Balaban J connectivity index is 0.00000341. The van der Waals surface area contributed by atoms with Crippen molar-refractivity contribution in [2.75, 3.05) is 33.9 Å². The summed E-state index contributed by atoms with van der Waals surface area (Å²) >= 11 is 0. The fraction of sp³-hybridized carbons (Fsp3) is 0.500. The van der Waals surface area contributed by atoms with Crippen LogP contribution in [0.15, 0.2) is 53.0 Å². The van der Waals surface area contributed by atoms with E-state index in [4.69, 9.17) is 9.47 Å². The van der Waals surface area contributed by atoms with Crippen molar-refractivity contribution in [1.29, 1.82) is 0 Å². The van der Waals surface area contributed by atoms with Crippen LogP contribution in [0.25, 0.3) is 0 Å². The van der Waals surface area contributed by atoms with Gasteiger partial charge in [0.2, 0.25) is 23.1 Å². The molecule has 1 saturated heterocycles. The highest BCUT2D eigenvalue weighted by molar-refractivity contribution is 6.23. The average Bonchev–Trinajstić information content (AvgIpc) is 2.74. The molecule has 0 spiro atoms. The second kappa shape index (κ2) is 10.4. The van der Waals surface area contributed by atoms with Crippen LogP contribution in [0.2, 0.25) is 0 Å². The molecule has 0 amide bonds. The van der Waals surface area contributed by atoms with Crippen LogP contribution >= 0.6 is 12.4 Å². The quantitative estimate of drug-likeness (QED) is 0.643. The van der Waals surface area contributed by atoms with Gasteiger partial charge in [-0.15, -0.1) is 12.4 Å². The number of piperidine rings is 1. The number of ketones is 2. The fourth-order valence-corrected chi connectivity index (χ4v) is 4.47. The molecule has 3 rings (SSSR count). The number of rotatable bonds is 7. The van der Waals surface area contributed by atoms with E-state index in [-0.39, 0.29) is 36.1 Å². The van der Waals surface area contributed by atoms with E-state index in [1.165, 1.54) is 19.8 Å². The molecule has 31 heavy (non-hydrogen) atoms. The third-order valence-electron chi connectivity index (χ3n) is 6.07. The van der Waals surface area contributed by atoms with Crippen LogP contribution in [0.5, 0.6) is 0 Å². The molecule has 1 aliphatic heterocycles. The van der Waals surface area contributed by atoms with Crippen molar-refractivity contribution in [3.63, 3.8) is 0 Å². The van der Waals surface area contributed by atoms with E-state index in [1.54, 1.807) is 13.8 Å². The van der Waals surface area contributed by atoms with Gasteiger partial charge >= 0.3 is 0 Å². The minimum Gasteiger partial charge on any atom is -0.489 e. The van der Waals surface area contributed by atoms with Gasteiger partial charge in [0, 0.05) is 24.1 Å². The zero-order chi connectivity index (χ0) is 21.9. The number of benzene rings is 1. The van der Waals surface area contributed by atoms with Gasteiger partial charge in [0.1, 0.15) is 0 Å². The van der Waals surface area contributed by atoms with Crippen molar-refractivity contribution in [3.8, 4) is 0 Å². The monoisotopic (exact) mass is 449 g/mol. The van der Waals surface area contributed by atoms with Crippen LogP contribution in [-0.2, 0) is 19.1 Å². The number of allylic oxidation sites excluding steroid dienone is 2. The summed E-state index contributed by atoms with van der Waals surface area (Å²) in [6.07, 6.45) is 2.16. The van der Waals surface area contributed by atoms with Crippen molar-refractivity contribution in [2.45, 2.75) is 44.6 Å². The maximum atomic E-state index is 12.9. The van der Waals surface area contributed by atoms with Crippen LogP contribution in [0.1, 0.15) is 44.6 Å². The van der Waals surface area contributed by atoms with Crippen molar-refractivity contribution in [1.82, 2.24) is 4.90 Å². The van der Waals surface area contributed by atoms with E-state index in [2.05, 4.69) is 29.2 Å². The number of carbonyl (C=O) groups is 2. The van der Waals surface area contributed by atoms with Crippen molar-refractivity contribution < 1.29 is 24.2 Å². The largest absolute Gasteiger partial charge is 0.489 e. The molecule has 1 aromatic carbocycles. The van der Waals surface area contributed by atoms with E-state index in [0.29, 0.717) is 23.6 Å². The number of hydrogen-bond donors (Lipinski definition) is 1. The highest BCUT2D eigenvalue weighted by Gasteiger charge is 2.38. The minimum absolute atomic E-state index is 0. The van der Waals surface area contributed by atoms with Crippen molar-refractivity contribution in [2.24, 2.45) is 0 Å². The lowest BCUT2D eigenvalue weighted by molar-refractivity contribution is -0.121. The molecular weight excluding hydrogens is 418 g/mol. The smallest absolute Gasteiger partial charge is 0.228 e. The van der Waals surface area contributed by atoms with Gasteiger partial charge in [0.25, 0.3) is 0 Å². The Morgan fingerprint density at radius 3 is 2.13 bits per heavy atom. The minimum atomic E-state index is -1.14. The summed E-state index contributed by atoms with van der Waals surface area (Å²) in [5.74, 6) is -0.399. The van der Waals surface area contributed by atoms with Crippen molar-refractivity contribution >= 4 is 24.0 Å². The van der Waals surface area contributed by atoms with Gasteiger partial charge in [0.05, 0.1) is 19.8 Å². The molecule has 6 nitrogen and oxygen atoms in total. The fourth-order valence-electron chi connectivity index (χ4n) is 4.47. The molecule has 0 radical (unpaired) electrons. The van der Waals surface area contributed by atoms with E-state index in [1.807, 2.05) is 6.07 Å². The normalized spacial score (nSPS) is 20.4. The summed E-state index contributed by atoms with van der Waals surface area (Å²) in [6, 6.07) is 10.5. The Labute approximate surface area is 190 Å². The Hall–Kier alpha value is -2.15. The number of halogens is 1. The summed E-state index contributed by atoms with van der Waals surface area (Å²) in [4.78, 5) is 27.7. The van der Waals surface area contributed by atoms with E-state index < -0.39 is 11.4 Å². The Kier molecular flexibility index (Phi) is 8.46. The zero-order valence-corrected chi connectivity index (χ0v) is 19.5. The van der Waals surface area contributed by atoms with Gasteiger partial charge in [-0.25, -0.2) is 0 Å². The molecule has 1 N–H and O–H groups in total. The number of β-amino-alcohol motifs (C(OH)–C–C–N with tert-alkyl or cyclic N) is 1. The molecule has 0 saturated carbocycles. The molecule has 1 atom stereocenters. The SMILES string of the molecule is COC1=C(OC)C(=O)C(CC(C)(O)CN2CCC(c3ccccc3)CC2)=C(C)C1=O.Cl. The zero-order valence-electron chi connectivity index (χ0n) is 18.6. The van der Waals surface area contributed by atoms with Crippen LogP contribution < -0.4 is 0 Å². The van der Waals surface area contributed by atoms with Crippen LogP contribution in [0.3, 0.4) is 0 Å². The number of ether oxygens (including phenoxy) is 2. The lowest BCUT2D eigenvalue weighted by Gasteiger charge is -2.37. The molecular formula is C24H32ClNO5. The third kappa shape index (κ3) is 5.56. The maximum Gasteiger partial charge on any atom is 0.228 e. The molecule has 170 valence electrons. The molecule has 1 aromatic rings. The summed E-state index contributed by atoms with van der Waals surface area (Å²) in [6.45, 7) is 5.53. The van der Waals surface area contributed by atoms with Crippen molar-refractivity contribution in [3.05, 3.63) is 58.6 Å². The lowest BCUT2D eigenvalue weighted by atomic mass is 9.84. The van der Waals surface area contributed by atoms with Gasteiger partial charge in [-0.1, -0.05) is 30.3 Å². The highest BCUT2D eigenvalue weighted by Crippen LogP contribution is 2.33. The second-order valence-electron chi connectivity index (χ2n) is 8.46. The number of methoxy groups -OCH3 is 2. The van der Waals surface area contributed by atoms with E-state index in [0.717, 1.165) is 25.9 Å². The van der Waals surface area contributed by atoms with Crippen LogP contribution in [-0.4, -0.2) is 61.0 Å². The summed E-state index contributed by atoms with van der Waals surface area (Å²) < 4.78 is 10.2. The Bertz CT molecular complexity index is 867. The highest BCUT2D eigenvalue weighted by atomic mass is 35.5. The molecule has 1 unspecified atom stereocenters. The summed E-state index contributed by atoms with van der Waals surface area (Å²) in [5, 5.41) is 11.1. The molecule has 1 aliphatic carbocycles. The van der Waals surface area contributed by atoms with Gasteiger partial charge in [-0.3, -0.25) is 9.59 Å². The standard InChI is InChI=1S/C24H31NO5.ClH/c1-16-19(21(27)23(30-4)22(29-3)20(16)26)14-24(2,28)15-25-12-10-18(11-13-25)17-8-6-5-7-9-17;/h5-9,18,28H,10-15H2,1-4H3;1H. The van der Waals surface area contributed by atoms with Gasteiger partial charge in [-0.2, -0.15) is 0 Å². The number of nitrogens with zero attached hydrogens (tertiary/aromatic N) is 1. The molecule has 1 fully saturated rings. The maximum absolute atomic E-state index is 12.9. The molecule has 0 aromatic heterocycles. The predicted octanol–water partition coefficient (Wildman–Crippen LogP) is 3.40. The number of likely N-dealkylation sites (tertiary alicyclic amines) is 1. The molecule has 7 heteroatoms. The summed E-state index contributed by atoms with van der Waals surface area (Å²) in [7, 11) is 2.68. The lowest BCUT2D eigenvalue weighted by Crippen LogP contribution is -2.45. The molecule has 0 bridgehead atoms. The van der Waals surface area contributed by atoms with Crippen LogP contribution in [0, 0.1) is 0 Å². The second-order valence-corrected chi connectivity index (χ2v) is 8.46. The number of aliphatic hydroxyl groups is 1. The Morgan fingerprint density at radius 2 is 1.58 bits per heavy atom. The summed E-state index contributed by atoms with van der Waals surface area (Å²) in [5.41, 5.74) is 0.821. The number of carbonyl (C=O) groups excluding carboxylic acids is 2. The van der Waals surface area contributed by atoms with Gasteiger partial charge in [-0.05, 0) is 51.3 Å².